The topological polar surface area (TPSA) is 52.6 Å². The standard InChI is InChI=1S/C16H20N2O3/c1-19-7-3-2-5-17-16-13-11-15-14(20-8-9-21-15)10-12(13)4-6-18-16/h4,6,10-11H,2-3,5,7-9H2,1H3,(H,17,18). The molecule has 1 N–H and O–H groups in total. The van der Waals surface area contributed by atoms with E-state index in [0.717, 1.165) is 54.1 Å². The number of fused-ring (bicyclic) bond motifs is 2. The molecule has 2 heterocycles. The Bertz CT molecular complexity index is 616. The molecule has 112 valence electrons. The fraction of sp³-hybridized carbons (Fsp3) is 0.438. The van der Waals surface area contributed by atoms with E-state index < -0.39 is 0 Å². The van der Waals surface area contributed by atoms with Crippen LogP contribution < -0.4 is 14.8 Å². The average molecular weight is 288 g/mol. The number of hydrogen-bond donors (Lipinski definition) is 1. The van der Waals surface area contributed by atoms with Crippen molar-refractivity contribution in [3.05, 3.63) is 24.4 Å². The molecule has 5 heteroatoms. The Morgan fingerprint density at radius 1 is 1.19 bits per heavy atom. The molecule has 0 unspecified atom stereocenters. The van der Waals surface area contributed by atoms with Crippen LogP contribution in [0.25, 0.3) is 10.8 Å². The van der Waals surface area contributed by atoms with Crippen molar-refractivity contribution >= 4 is 16.6 Å². The second-order valence-electron chi connectivity index (χ2n) is 5.00. The second-order valence-corrected chi connectivity index (χ2v) is 5.00. The molecule has 0 bridgehead atoms. The number of nitrogens with zero attached hydrogens (tertiary/aromatic N) is 1. The molecule has 1 aliphatic heterocycles. The Labute approximate surface area is 124 Å². The minimum absolute atomic E-state index is 0.596. The van der Waals surface area contributed by atoms with Gasteiger partial charge in [-0.25, -0.2) is 4.98 Å². The molecule has 0 fully saturated rings. The van der Waals surface area contributed by atoms with E-state index >= 15 is 0 Å². The number of nitrogens with one attached hydrogen (secondary N) is 1. The van der Waals surface area contributed by atoms with Gasteiger partial charge in [0, 0.05) is 31.8 Å². The molecule has 5 nitrogen and oxygen atoms in total. The molecular weight excluding hydrogens is 268 g/mol. The van der Waals surface area contributed by atoms with Crippen molar-refractivity contribution in [3.8, 4) is 11.5 Å². The molecule has 21 heavy (non-hydrogen) atoms. The Balaban J connectivity index is 1.78. The first-order valence-electron chi connectivity index (χ1n) is 7.29. The van der Waals surface area contributed by atoms with Gasteiger partial charge >= 0.3 is 0 Å². The van der Waals surface area contributed by atoms with E-state index in [1.54, 1.807) is 7.11 Å². The molecule has 1 aromatic carbocycles. The van der Waals surface area contributed by atoms with Gasteiger partial charge in [-0.3, -0.25) is 0 Å². The SMILES string of the molecule is COCCCCNc1nccc2cc3c(cc12)OCCO3. The number of aromatic nitrogens is 1. The van der Waals surface area contributed by atoms with Gasteiger partial charge in [-0.15, -0.1) is 0 Å². The van der Waals surface area contributed by atoms with Crippen LogP contribution in [0.2, 0.25) is 0 Å². The maximum Gasteiger partial charge on any atom is 0.162 e. The molecule has 3 rings (SSSR count). The van der Waals surface area contributed by atoms with E-state index in [1.807, 2.05) is 24.4 Å². The third-order valence-corrected chi connectivity index (χ3v) is 3.49. The highest BCUT2D eigenvalue weighted by molar-refractivity contribution is 5.94. The molecule has 0 amide bonds. The van der Waals surface area contributed by atoms with Crippen LogP contribution >= 0.6 is 0 Å². The van der Waals surface area contributed by atoms with Gasteiger partial charge in [0.1, 0.15) is 19.0 Å². The maximum atomic E-state index is 5.65. The van der Waals surface area contributed by atoms with Gasteiger partial charge in [0.25, 0.3) is 0 Å². The summed E-state index contributed by atoms with van der Waals surface area (Å²) in [5.74, 6) is 2.50. The van der Waals surface area contributed by atoms with E-state index in [9.17, 15) is 0 Å². The van der Waals surface area contributed by atoms with Crippen molar-refractivity contribution in [1.29, 1.82) is 0 Å². The molecule has 0 saturated heterocycles. The van der Waals surface area contributed by atoms with E-state index in [0.29, 0.717) is 13.2 Å². The molecule has 1 aromatic heterocycles. The van der Waals surface area contributed by atoms with Crippen LogP contribution in [-0.4, -0.2) is 38.5 Å². The number of benzene rings is 1. The molecule has 0 spiro atoms. The quantitative estimate of drug-likeness (QED) is 0.828. The zero-order chi connectivity index (χ0) is 14.5. The molecule has 0 aliphatic carbocycles. The minimum atomic E-state index is 0.596. The van der Waals surface area contributed by atoms with E-state index in [2.05, 4.69) is 10.3 Å². The summed E-state index contributed by atoms with van der Waals surface area (Å²) in [4.78, 5) is 4.43. The normalized spacial score (nSPS) is 13.4. The summed E-state index contributed by atoms with van der Waals surface area (Å²) in [5.41, 5.74) is 0. The zero-order valence-electron chi connectivity index (χ0n) is 12.2. The number of anilines is 1. The second kappa shape index (κ2) is 6.63. The van der Waals surface area contributed by atoms with Crippen molar-refractivity contribution in [1.82, 2.24) is 4.98 Å². The monoisotopic (exact) mass is 288 g/mol. The van der Waals surface area contributed by atoms with Gasteiger partial charge < -0.3 is 19.5 Å². The highest BCUT2D eigenvalue weighted by atomic mass is 16.6. The van der Waals surface area contributed by atoms with Gasteiger partial charge in [-0.2, -0.15) is 0 Å². The number of pyridine rings is 1. The van der Waals surface area contributed by atoms with Crippen LogP contribution in [0.4, 0.5) is 5.82 Å². The molecule has 1 aliphatic rings. The van der Waals surface area contributed by atoms with Crippen molar-refractivity contribution in [2.24, 2.45) is 0 Å². The lowest BCUT2D eigenvalue weighted by molar-refractivity contribution is 0.172. The first-order valence-corrected chi connectivity index (χ1v) is 7.29. The van der Waals surface area contributed by atoms with E-state index in [4.69, 9.17) is 14.2 Å². The van der Waals surface area contributed by atoms with Crippen LogP contribution in [0.15, 0.2) is 24.4 Å². The Morgan fingerprint density at radius 2 is 2.00 bits per heavy atom. The number of unbranched alkanes of at least 4 members (excludes halogenated alkanes) is 1. The number of ether oxygens (including phenoxy) is 3. The Morgan fingerprint density at radius 3 is 2.81 bits per heavy atom. The van der Waals surface area contributed by atoms with Crippen molar-refractivity contribution in [2.45, 2.75) is 12.8 Å². The predicted octanol–water partition coefficient (Wildman–Crippen LogP) is 2.84. The van der Waals surface area contributed by atoms with Gasteiger partial charge in [0.15, 0.2) is 11.5 Å². The van der Waals surface area contributed by atoms with E-state index in [-0.39, 0.29) is 0 Å². The average Bonchev–Trinajstić information content (AvgIpc) is 2.53. The molecular formula is C16H20N2O3. The van der Waals surface area contributed by atoms with Gasteiger partial charge in [0.05, 0.1) is 0 Å². The van der Waals surface area contributed by atoms with Crippen molar-refractivity contribution < 1.29 is 14.2 Å². The van der Waals surface area contributed by atoms with Crippen molar-refractivity contribution in [2.75, 3.05) is 38.8 Å². The zero-order valence-corrected chi connectivity index (χ0v) is 12.2. The summed E-state index contributed by atoms with van der Waals surface area (Å²) >= 11 is 0. The fourth-order valence-corrected chi connectivity index (χ4v) is 2.43. The summed E-state index contributed by atoms with van der Waals surface area (Å²) in [6, 6.07) is 6.01. The highest BCUT2D eigenvalue weighted by Gasteiger charge is 2.14. The smallest absolute Gasteiger partial charge is 0.162 e. The fourth-order valence-electron chi connectivity index (χ4n) is 2.43. The van der Waals surface area contributed by atoms with Crippen LogP contribution in [-0.2, 0) is 4.74 Å². The largest absolute Gasteiger partial charge is 0.486 e. The first kappa shape index (κ1) is 13.9. The van der Waals surface area contributed by atoms with Gasteiger partial charge in [-0.1, -0.05) is 0 Å². The van der Waals surface area contributed by atoms with Crippen LogP contribution in [0, 0.1) is 0 Å². The van der Waals surface area contributed by atoms with Gasteiger partial charge in [0.2, 0.25) is 0 Å². The van der Waals surface area contributed by atoms with Crippen LogP contribution in [0.1, 0.15) is 12.8 Å². The molecule has 0 saturated carbocycles. The predicted molar refractivity (Wildman–Crippen MR) is 82.3 cm³/mol. The lowest BCUT2D eigenvalue weighted by Gasteiger charge is -2.19. The summed E-state index contributed by atoms with van der Waals surface area (Å²) < 4.78 is 16.3. The third-order valence-electron chi connectivity index (χ3n) is 3.49. The lowest BCUT2D eigenvalue weighted by atomic mass is 10.1. The van der Waals surface area contributed by atoms with Crippen LogP contribution in [0.5, 0.6) is 11.5 Å². The molecule has 0 atom stereocenters. The minimum Gasteiger partial charge on any atom is -0.486 e. The lowest BCUT2D eigenvalue weighted by Crippen LogP contribution is -2.15. The van der Waals surface area contributed by atoms with E-state index in [1.165, 1.54) is 0 Å². The Hall–Kier alpha value is -2.01. The van der Waals surface area contributed by atoms with Crippen molar-refractivity contribution in [3.63, 3.8) is 0 Å². The first-order chi connectivity index (χ1) is 10.4. The molecule has 0 radical (unpaired) electrons. The number of methoxy groups -OCH3 is 1. The Kier molecular flexibility index (Phi) is 4.40. The summed E-state index contributed by atoms with van der Waals surface area (Å²) in [7, 11) is 1.73. The maximum absolute atomic E-state index is 5.65. The van der Waals surface area contributed by atoms with Crippen LogP contribution in [0.3, 0.4) is 0 Å². The number of hydrogen-bond acceptors (Lipinski definition) is 5. The number of rotatable bonds is 6. The summed E-state index contributed by atoms with van der Waals surface area (Å²) in [5, 5.41) is 5.56. The summed E-state index contributed by atoms with van der Waals surface area (Å²) in [6.45, 7) is 2.87. The molecule has 2 aromatic rings. The highest BCUT2D eigenvalue weighted by Crippen LogP contribution is 2.36. The summed E-state index contributed by atoms with van der Waals surface area (Å²) in [6.07, 6.45) is 3.91. The van der Waals surface area contributed by atoms with Gasteiger partial charge in [-0.05, 0) is 36.4 Å². The third kappa shape index (κ3) is 3.19.